The van der Waals surface area contributed by atoms with E-state index in [-0.39, 0.29) is 30.9 Å². The molecule has 3 nitrogen and oxygen atoms in total. The predicted octanol–water partition coefficient (Wildman–Crippen LogP) is 3.57. The van der Waals surface area contributed by atoms with Crippen molar-refractivity contribution < 1.29 is 5.11 Å². The monoisotopic (exact) mass is 394 g/mol. The van der Waals surface area contributed by atoms with Gasteiger partial charge in [0.1, 0.15) is 0 Å². The minimum Gasteiger partial charge on any atom is -0.391 e. The fourth-order valence-corrected chi connectivity index (χ4v) is 4.22. The largest absolute Gasteiger partial charge is 0.391 e. The summed E-state index contributed by atoms with van der Waals surface area (Å²) in [6, 6.07) is 19.7. The molecule has 1 fully saturated rings. The molecule has 2 heterocycles. The Morgan fingerprint density at radius 3 is 2.50 bits per heavy atom. The van der Waals surface area contributed by atoms with Crippen LogP contribution in [0, 0.1) is 0 Å². The van der Waals surface area contributed by atoms with E-state index in [0.717, 1.165) is 32.6 Å². The first-order chi connectivity index (χ1) is 11.8. The molecule has 142 valence electrons. The summed E-state index contributed by atoms with van der Waals surface area (Å²) in [5.41, 5.74) is 4.14. The number of anilines is 1. The summed E-state index contributed by atoms with van der Waals surface area (Å²) >= 11 is 0. The van der Waals surface area contributed by atoms with Crippen LogP contribution in [0.1, 0.15) is 17.5 Å². The number of nitrogens with zero attached hydrogens (tertiary/aromatic N) is 2. The lowest BCUT2D eigenvalue weighted by Gasteiger charge is -2.46. The maximum Gasteiger partial charge on any atom is 0.0707 e. The van der Waals surface area contributed by atoms with Crippen LogP contribution in [0.15, 0.2) is 54.6 Å². The number of hydrogen-bond acceptors (Lipinski definition) is 3. The van der Waals surface area contributed by atoms with Crippen molar-refractivity contribution in [3.05, 3.63) is 65.7 Å². The molecule has 2 atom stereocenters. The van der Waals surface area contributed by atoms with Gasteiger partial charge in [0.2, 0.25) is 0 Å². The molecule has 2 aromatic carbocycles. The van der Waals surface area contributed by atoms with Gasteiger partial charge in [-0.05, 0) is 36.5 Å². The lowest BCUT2D eigenvalue weighted by Crippen LogP contribution is -2.56. The van der Waals surface area contributed by atoms with Crippen LogP contribution >= 0.6 is 24.8 Å². The number of β-amino-alcohol motifs (C(OH)–C–C–N with tert-alkyl or cyclic N) is 1. The highest BCUT2D eigenvalue weighted by Gasteiger charge is 2.31. The zero-order chi connectivity index (χ0) is 16.4. The highest BCUT2D eigenvalue weighted by Crippen LogP contribution is 2.32. The molecular weight excluding hydrogens is 367 g/mol. The molecule has 0 aromatic heterocycles. The number of para-hydroxylation sites is 1. The fraction of sp³-hybridized carbons (Fsp3) is 0.429. The average molecular weight is 395 g/mol. The highest BCUT2D eigenvalue weighted by molar-refractivity contribution is 5.85. The maximum atomic E-state index is 10.5. The highest BCUT2D eigenvalue weighted by atomic mass is 35.5. The van der Waals surface area contributed by atoms with E-state index in [0.29, 0.717) is 6.04 Å². The number of rotatable bonds is 4. The van der Waals surface area contributed by atoms with Crippen LogP contribution < -0.4 is 4.90 Å². The Hall–Kier alpha value is -1.26. The third kappa shape index (κ3) is 4.72. The molecule has 0 spiro atoms. The molecule has 2 unspecified atom stereocenters. The smallest absolute Gasteiger partial charge is 0.0707 e. The van der Waals surface area contributed by atoms with Gasteiger partial charge in [0.25, 0.3) is 0 Å². The van der Waals surface area contributed by atoms with Gasteiger partial charge in [0.15, 0.2) is 0 Å². The SMILES string of the molecule is Cl.Cl.OC(Cc1ccccc1)CN1CCN2c3ccccc3CCC2C1. The van der Waals surface area contributed by atoms with E-state index in [9.17, 15) is 5.11 Å². The van der Waals surface area contributed by atoms with Crippen LogP contribution in [-0.2, 0) is 12.8 Å². The zero-order valence-electron chi connectivity index (χ0n) is 15.0. The lowest BCUT2D eigenvalue weighted by molar-refractivity contribution is 0.0987. The number of piperazine rings is 1. The van der Waals surface area contributed by atoms with E-state index >= 15 is 0 Å². The Bertz CT molecular complexity index is 683. The minimum atomic E-state index is -0.283. The molecule has 26 heavy (non-hydrogen) atoms. The number of aliphatic hydroxyl groups is 1. The quantitative estimate of drug-likeness (QED) is 0.858. The molecule has 4 rings (SSSR count). The summed E-state index contributed by atoms with van der Waals surface area (Å²) in [5, 5.41) is 10.5. The third-order valence-electron chi connectivity index (χ3n) is 5.40. The van der Waals surface area contributed by atoms with E-state index in [1.165, 1.54) is 29.7 Å². The van der Waals surface area contributed by atoms with Crippen molar-refractivity contribution in [2.24, 2.45) is 0 Å². The molecule has 0 amide bonds. The summed E-state index contributed by atoms with van der Waals surface area (Å²) in [5.74, 6) is 0. The van der Waals surface area contributed by atoms with Gasteiger partial charge in [-0.3, -0.25) is 4.90 Å². The molecule has 0 radical (unpaired) electrons. The first kappa shape index (κ1) is 21.0. The van der Waals surface area contributed by atoms with Gasteiger partial charge >= 0.3 is 0 Å². The average Bonchev–Trinajstić information content (AvgIpc) is 2.62. The summed E-state index contributed by atoms with van der Waals surface area (Å²) in [4.78, 5) is 5.03. The van der Waals surface area contributed by atoms with Crippen molar-refractivity contribution in [1.82, 2.24) is 4.90 Å². The van der Waals surface area contributed by atoms with Gasteiger partial charge in [-0.15, -0.1) is 24.8 Å². The summed E-state index contributed by atoms with van der Waals surface area (Å²) < 4.78 is 0. The number of fused-ring (bicyclic) bond motifs is 3. The Morgan fingerprint density at radius 1 is 0.962 bits per heavy atom. The van der Waals surface area contributed by atoms with Crippen LogP contribution in [0.5, 0.6) is 0 Å². The Kier molecular flexibility index (Phi) is 7.78. The molecule has 1 saturated heterocycles. The lowest BCUT2D eigenvalue weighted by atomic mass is 9.93. The molecule has 2 aliphatic rings. The van der Waals surface area contributed by atoms with Crippen molar-refractivity contribution in [1.29, 1.82) is 0 Å². The van der Waals surface area contributed by atoms with Gasteiger partial charge in [0, 0.05) is 37.9 Å². The topological polar surface area (TPSA) is 26.7 Å². The zero-order valence-corrected chi connectivity index (χ0v) is 16.6. The molecule has 0 bridgehead atoms. The van der Waals surface area contributed by atoms with Crippen molar-refractivity contribution in [2.75, 3.05) is 31.1 Å². The van der Waals surface area contributed by atoms with Crippen LogP contribution in [0.2, 0.25) is 0 Å². The summed E-state index contributed by atoms with van der Waals surface area (Å²) in [7, 11) is 0. The minimum absolute atomic E-state index is 0. The summed E-state index contributed by atoms with van der Waals surface area (Å²) in [6.45, 7) is 3.96. The number of aryl methyl sites for hydroxylation is 1. The van der Waals surface area contributed by atoms with Gasteiger partial charge in [-0.2, -0.15) is 0 Å². The predicted molar refractivity (Wildman–Crippen MR) is 113 cm³/mol. The third-order valence-corrected chi connectivity index (χ3v) is 5.40. The van der Waals surface area contributed by atoms with Gasteiger partial charge < -0.3 is 10.0 Å². The van der Waals surface area contributed by atoms with Crippen molar-refractivity contribution in [3.63, 3.8) is 0 Å². The van der Waals surface area contributed by atoms with Gasteiger partial charge in [-0.25, -0.2) is 0 Å². The van der Waals surface area contributed by atoms with Crippen molar-refractivity contribution in [2.45, 2.75) is 31.4 Å². The first-order valence-electron chi connectivity index (χ1n) is 9.08. The standard InChI is InChI=1S/C21H26N2O.2ClH/c24-20(14-17-6-2-1-3-7-17)16-22-12-13-23-19(15-22)11-10-18-8-4-5-9-21(18)23;;/h1-9,19-20,24H,10-16H2;2*1H. The molecule has 2 aromatic rings. The first-order valence-corrected chi connectivity index (χ1v) is 9.08. The molecule has 0 saturated carbocycles. The number of halogens is 2. The van der Waals surface area contributed by atoms with Gasteiger partial charge in [-0.1, -0.05) is 48.5 Å². The summed E-state index contributed by atoms with van der Waals surface area (Å²) in [6.07, 6.45) is 2.86. The fourth-order valence-electron chi connectivity index (χ4n) is 4.22. The number of aliphatic hydroxyl groups excluding tert-OH is 1. The Labute approximate surface area is 168 Å². The van der Waals surface area contributed by atoms with Crippen LogP contribution in [0.25, 0.3) is 0 Å². The number of hydrogen-bond donors (Lipinski definition) is 1. The second-order valence-electron chi connectivity index (χ2n) is 7.12. The molecule has 1 N–H and O–H groups in total. The molecule has 0 aliphatic carbocycles. The Morgan fingerprint density at radius 2 is 1.69 bits per heavy atom. The molecular formula is C21H28Cl2N2O. The second kappa shape index (κ2) is 9.61. The van der Waals surface area contributed by atoms with E-state index in [1.807, 2.05) is 18.2 Å². The second-order valence-corrected chi connectivity index (χ2v) is 7.12. The van der Waals surface area contributed by atoms with E-state index in [1.54, 1.807) is 0 Å². The van der Waals surface area contributed by atoms with Crippen molar-refractivity contribution >= 4 is 30.5 Å². The van der Waals surface area contributed by atoms with Crippen LogP contribution in [0.4, 0.5) is 5.69 Å². The van der Waals surface area contributed by atoms with Gasteiger partial charge in [0.05, 0.1) is 6.10 Å². The normalized spacial score (nSPS) is 20.2. The van der Waals surface area contributed by atoms with E-state index < -0.39 is 0 Å². The van der Waals surface area contributed by atoms with E-state index in [4.69, 9.17) is 0 Å². The van der Waals surface area contributed by atoms with E-state index in [2.05, 4.69) is 46.2 Å². The maximum absolute atomic E-state index is 10.5. The Balaban J connectivity index is 0.00000121. The van der Waals surface area contributed by atoms with Crippen molar-refractivity contribution in [3.8, 4) is 0 Å². The molecule has 5 heteroatoms. The molecule has 2 aliphatic heterocycles. The van der Waals surface area contributed by atoms with Crippen LogP contribution in [-0.4, -0.2) is 48.3 Å². The van der Waals surface area contributed by atoms with Crippen LogP contribution in [0.3, 0.4) is 0 Å². The number of benzene rings is 2.